The van der Waals surface area contributed by atoms with E-state index in [4.69, 9.17) is 0 Å². The zero-order chi connectivity index (χ0) is 21.0. The molecule has 0 bridgehead atoms. The van der Waals surface area contributed by atoms with E-state index in [9.17, 15) is 0 Å². The van der Waals surface area contributed by atoms with Gasteiger partial charge >= 0.3 is 0 Å². The second kappa shape index (κ2) is 19.1. The molecule has 0 unspecified atom stereocenters. The second-order valence-electron chi connectivity index (χ2n) is 9.37. The fourth-order valence-electron chi connectivity index (χ4n) is 4.43. The smallest absolute Gasteiger partial charge is 0.171 e. The SMILES string of the molecule is CCCCCCCCCCCc1cc(CCCCCCCCCCC)c[n+](C)c1. The van der Waals surface area contributed by atoms with Crippen LogP contribution in [0.1, 0.15) is 141 Å². The first-order valence-corrected chi connectivity index (χ1v) is 13.2. The zero-order valence-electron chi connectivity index (χ0n) is 20.3. The Morgan fingerprint density at radius 2 is 0.793 bits per heavy atom. The third kappa shape index (κ3) is 15.6. The number of unbranched alkanes of at least 4 members (excludes halogenated alkanes) is 16. The Kier molecular flexibility index (Phi) is 17.3. The highest BCUT2D eigenvalue weighted by atomic mass is 14.9. The molecule has 1 aromatic heterocycles. The highest BCUT2D eigenvalue weighted by Gasteiger charge is 2.05. The number of rotatable bonds is 20. The Labute approximate surface area is 183 Å². The van der Waals surface area contributed by atoms with Gasteiger partial charge in [-0.3, -0.25) is 0 Å². The van der Waals surface area contributed by atoms with E-state index in [1.54, 1.807) is 11.1 Å². The molecule has 0 saturated carbocycles. The molecule has 0 radical (unpaired) electrons. The molecule has 0 amide bonds. The summed E-state index contributed by atoms with van der Waals surface area (Å²) in [4.78, 5) is 0. The molecule has 1 nitrogen and oxygen atoms in total. The number of aromatic nitrogens is 1. The van der Waals surface area contributed by atoms with Gasteiger partial charge in [-0.1, -0.05) is 117 Å². The minimum Gasteiger partial charge on any atom is -0.207 e. The van der Waals surface area contributed by atoms with E-state index in [1.807, 2.05) is 0 Å². The van der Waals surface area contributed by atoms with Gasteiger partial charge < -0.3 is 0 Å². The molecule has 0 saturated heterocycles. The summed E-state index contributed by atoms with van der Waals surface area (Å²) >= 11 is 0. The highest BCUT2D eigenvalue weighted by Crippen LogP contribution is 2.14. The van der Waals surface area contributed by atoms with Crippen LogP contribution in [0.15, 0.2) is 18.5 Å². The van der Waals surface area contributed by atoms with Gasteiger partial charge in [-0.25, -0.2) is 4.57 Å². The van der Waals surface area contributed by atoms with Crippen molar-refractivity contribution in [1.29, 1.82) is 0 Å². The summed E-state index contributed by atoms with van der Waals surface area (Å²) in [6.07, 6.45) is 32.7. The van der Waals surface area contributed by atoms with Crippen LogP contribution in [0.2, 0.25) is 0 Å². The molecule has 1 aromatic rings. The third-order valence-corrected chi connectivity index (χ3v) is 6.25. The standard InChI is InChI=1S/C28H52N/c1-4-6-8-10-12-14-16-18-20-22-27-24-28(26-29(3)25-27)23-21-19-17-15-13-11-9-7-5-2/h24-26H,4-23H2,1-3H3/q+1. The van der Waals surface area contributed by atoms with Crippen molar-refractivity contribution in [3.8, 4) is 0 Å². The largest absolute Gasteiger partial charge is 0.207 e. The van der Waals surface area contributed by atoms with Crippen molar-refractivity contribution in [3.63, 3.8) is 0 Å². The topological polar surface area (TPSA) is 3.88 Å². The molecule has 29 heavy (non-hydrogen) atoms. The zero-order valence-corrected chi connectivity index (χ0v) is 20.3. The van der Waals surface area contributed by atoms with Crippen LogP contribution in [-0.4, -0.2) is 0 Å². The Bertz CT molecular complexity index is 439. The quantitative estimate of drug-likeness (QED) is 0.152. The van der Waals surface area contributed by atoms with Crippen LogP contribution < -0.4 is 4.57 Å². The van der Waals surface area contributed by atoms with Crippen molar-refractivity contribution < 1.29 is 4.57 Å². The normalized spacial score (nSPS) is 11.3. The lowest BCUT2D eigenvalue weighted by molar-refractivity contribution is -0.672. The molecule has 168 valence electrons. The minimum atomic E-state index is 1.26. The minimum absolute atomic E-state index is 1.26. The maximum Gasteiger partial charge on any atom is 0.171 e. The molecule has 0 aliphatic rings. The van der Waals surface area contributed by atoms with Crippen molar-refractivity contribution in [2.75, 3.05) is 0 Å². The predicted octanol–water partition coefficient (Wildman–Crippen LogP) is 8.66. The first-order chi connectivity index (χ1) is 14.3. The first-order valence-electron chi connectivity index (χ1n) is 13.2. The monoisotopic (exact) mass is 402 g/mol. The number of pyridine rings is 1. The third-order valence-electron chi connectivity index (χ3n) is 6.25. The average Bonchev–Trinajstić information content (AvgIpc) is 2.71. The van der Waals surface area contributed by atoms with E-state index in [1.165, 1.54) is 128 Å². The maximum absolute atomic E-state index is 2.48. The van der Waals surface area contributed by atoms with E-state index in [0.29, 0.717) is 0 Å². The van der Waals surface area contributed by atoms with Crippen LogP contribution in [0.4, 0.5) is 0 Å². The van der Waals surface area contributed by atoms with Gasteiger partial charge in [-0.05, 0) is 31.7 Å². The maximum atomic E-state index is 2.48. The van der Waals surface area contributed by atoms with Gasteiger partial charge in [0.05, 0.1) is 0 Å². The molecule has 1 heterocycles. The molecule has 0 aliphatic carbocycles. The summed E-state index contributed by atoms with van der Waals surface area (Å²) in [6.45, 7) is 4.59. The first kappa shape index (κ1) is 26.2. The van der Waals surface area contributed by atoms with E-state index in [-0.39, 0.29) is 0 Å². The van der Waals surface area contributed by atoms with Gasteiger partial charge in [-0.15, -0.1) is 0 Å². The number of aryl methyl sites for hydroxylation is 3. The van der Waals surface area contributed by atoms with E-state index in [0.717, 1.165) is 0 Å². The molecule has 0 fully saturated rings. The fraction of sp³-hybridized carbons (Fsp3) is 0.821. The summed E-state index contributed by atoms with van der Waals surface area (Å²) in [6, 6.07) is 2.48. The van der Waals surface area contributed by atoms with Gasteiger partial charge in [0.1, 0.15) is 7.05 Å². The Balaban J connectivity index is 2.09. The van der Waals surface area contributed by atoms with Crippen LogP contribution in [0.3, 0.4) is 0 Å². The van der Waals surface area contributed by atoms with Crippen LogP contribution in [0.25, 0.3) is 0 Å². The highest BCUT2D eigenvalue weighted by molar-refractivity contribution is 5.15. The van der Waals surface area contributed by atoms with Crippen LogP contribution in [-0.2, 0) is 19.9 Å². The molecule has 0 atom stereocenters. The molecule has 1 heteroatoms. The van der Waals surface area contributed by atoms with Crippen LogP contribution >= 0.6 is 0 Å². The van der Waals surface area contributed by atoms with Gasteiger partial charge in [0.15, 0.2) is 12.4 Å². The Morgan fingerprint density at radius 1 is 0.483 bits per heavy atom. The lowest BCUT2D eigenvalue weighted by Crippen LogP contribution is -2.28. The van der Waals surface area contributed by atoms with Crippen molar-refractivity contribution in [1.82, 2.24) is 0 Å². The predicted molar refractivity (Wildman–Crippen MR) is 129 cm³/mol. The lowest BCUT2D eigenvalue weighted by atomic mass is 10.0. The summed E-state index contributed by atoms with van der Waals surface area (Å²) < 4.78 is 2.28. The number of hydrogen-bond acceptors (Lipinski definition) is 0. The average molecular weight is 403 g/mol. The van der Waals surface area contributed by atoms with Crippen LogP contribution in [0.5, 0.6) is 0 Å². The molecule has 1 rings (SSSR count). The molecule has 0 aromatic carbocycles. The van der Waals surface area contributed by atoms with Crippen molar-refractivity contribution in [2.45, 2.75) is 142 Å². The van der Waals surface area contributed by atoms with E-state index in [2.05, 4.69) is 43.9 Å². The van der Waals surface area contributed by atoms with Gasteiger partial charge in [-0.2, -0.15) is 0 Å². The molecular formula is C28H52N+. The van der Waals surface area contributed by atoms with Gasteiger partial charge in [0.25, 0.3) is 0 Å². The van der Waals surface area contributed by atoms with Gasteiger partial charge in [0, 0.05) is 11.1 Å². The van der Waals surface area contributed by atoms with E-state index < -0.39 is 0 Å². The van der Waals surface area contributed by atoms with Crippen LogP contribution in [0, 0.1) is 0 Å². The van der Waals surface area contributed by atoms with Crippen molar-refractivity contribution in [3.05, 3.63) is 29.6 Å². The summed E-state index contributed by atoms with van der Waals surface area (Å²) in [5.41, 5.74) is 3.09. The Hall–Kier alpha value is -0.850. The lowest BCUT2D eigenvalue weighted by Gasteiger charge is -2.05. The number of hydrogen-bond donors (Lipinski definition) is 0. The fourth-order valence-corrected chi connectivity index (χ4v) is 4.43. The van der Waals surface area contributed by atoms with E-state index >= 15 is 0 Å². The number of nitrogens with zero attached hydrogens (tertiary/aromatic N) is 1. The Morgan fingerprint density at radius 3 is 1.14 bits per heavy atom. The molecule has 0 spiro atoms. The second-order valence-corrected chi connectivity index (χ2v) is 9.37. The summed E-state index contributed by atoms with van der Waals surface area (Å²) in [5, 5.41) is 0. The van der Waals surface area contributed by atoms with Crippen molar-refractivity contribution >= 4 is 0 Å². The summed E-state index contributed by atoms with van der Waals surface area (Å²) in [5.74, 6) is 0. The molecule has 0 N–H and O–H groups in total. The van der Waals surface area contributed by atoms with Crippen molar-refractivity contribution in [2.24, 2.45) is 7.05 Å². The molecule has 0 aliphatic heterocycles. The summed E-state index contributed by atoms with van der Waals surface area (Å²) in [7, 11) is 2.19. The molecular weight excluding hydrogens is 350 g/mol. The van der Waals surface area contributed by atoms with Gasteiger partial charge in [0.2, 0.25) is 0 Å².